The van der Waals surface area contributed by atoms with Gasteiger partial charge in [-0.2, -0.15) is 0 Å². The van der Waals surface area contributed by atoms with Gasteiger partial charge >= 0.3 is 0 Å². The smallest absolute Gasteiger partial charge is 0.255 e. The molecule has 3 N–H and O–H groups in total. The zero-order chi connectivity index (χ0) is 21.0. The first kappa shape index (κ1) is 19.9. The summed E-state index contributed by atoms with van der Waals surface area (Å²) in [5.74, 6) is -0.437. The van der Waals surface area contributed by atoms with E-state index in [1.54, 1.807) is 36.4 Å². The van der Waals surface area contributed by atoms with Crippen LogP contribution in [0, 0.1) is 6.92 Å². The number of amides is 2. The topological polar surface area (TPSA) is 81.7 Å². The average molecular weight is 389 g/mol. The highest BCUT2D eigenvalue weighted by atomic mass is 16.3. The number of aromatic hydroxyl groups is 1. The van der Waals surface area contributed by atoms with Crippen molar-refractivity contribution in [3.63, 3.8) is 0 Å². The fourth-order valence-electron chi connectivity index (χ4n) is 3.00. The summed E-state index contributed by atoms with van der Waals surface area (Å²) < 4.78 is 0. The van der Waals surface area contributed by atoms with Crippen molar-refractivity contribution < 1.29 is 14.7 Å². The van der Waals surface area contributed by atoms with Crippen LogP contribution in [0.1, 0.15) is 26.3 Å². The average Bonchev–Trinajstić information content (AvgIpc) is 2.71. The third-order valence-corrected chi connectivity index (χ3v) is 4.49. The van der Waals surface area contributed by atoms with E-state index in [9.17, 15) is 14.7 Å². The van der Waals surface area contributed by atoms with Crippen molar-refractivity contribution in [3.05, 3.63) is 83.4 Å². The van der Waals surface area contributed by atoms with Gasteiger partial charge in [0, 0.05) is 25.2 Å². The summed E-state index contributed by atoms with van der Waals surface area (Å²) in [6, 6.07) is 18.6. The minimum Gasteiger partial charge on any atom is -0.508 e. The third-order valence-electron chi connectivity index (χ3n) is 4.49. The van der Waals surface area contributed by atoms with E-state index in [1.165, 1.54) is 12.1 Å². The maximum Gasteiger partial charge on any atom is 0.255 e. The molecule has 29 heavy (non-hydrogen) atoms. The number of nitrogens with zero attached hydrogens (tertiary/aromatic N) is 1. The molecule has 0 unspecified atom stereocenters. The number of carbonyl (C=O) groups excluding carboxylic acids is 2. The van der Waals surface area contributed by atoms with E-state index >= 15 is 0 Å². The molecule has 6 heteroatoms. The Labute approximate surface area is 169 Å². The van der Waals surface area contributed by atoms with Crippen LogP contribution in [0.5, 0.6) is 5.75 Å². The summed E-state index contributed by atoms with van der Waals surface area (Å²) in [5.41, 5.74) is 3.73. The van der Waals surface area contributed by atoms with E-state index in [4.69, 9.17) is 0 Å². The first-order valence-electron chi connectivity index (χ1n) is 9.14. The molecule has 0 aliphatic heterocycles. The maximum absolute atomic E-state index is 12.7. The molecule has 0 aliphatic rings. The van der Waals surface area contributed by atoms with Gasteiger partial charge < -0.3 is 20.6 Å². The van der Waals surface area contributed by atoms with Crippen molar-refractivity contribution in [2.45, 2.75) is 6.92 Å². The molecule has 3 aromatic carbocycles. The molecule has 0 aromatic heterocycles. The first-order valence-corrected chi connectivity index (χ1v) is 9.14. The number of nitrogens with one attached hydrogen (secondary N) is 2. The van der Waals surface area contributed by atoms with Crippen molar-refractivity contribution in [1.29, 1.82) is 0 Å². The van der Waals surface area contributed by atoms with Gasteiger partial charge in [-0.05, 0) is 55.0 Å². The Balaban J connectivity index is 1.94. The van der Waals surface area contributed by atoms with Crippen LogP contribution in [0.4, 0.5) is 17.1 Å². The quantitative estimate of drug-likeness (QED) is 0.609. The molecular formula is C23H23N3O3. The van der Waals surface area contributed by atoms with Crippen molar-refractivity contribution in [1.82, 2.24) is 0 Å². The molecule has 2 amide bonds. The number of benzene rings is 3. The van der Waals surface area contributed by atoms with Gasteiger partial charge in [-0.3, -0.25) is 9.59 Å². The van der Waals surface area contributed by atoms with Gasteiger partial charge in [0.1, 0.15) is 5.75 Å². The SMILES string of the molecule is Cc1ccc(NC(=O)c2ccccc2)c(N(C)C)c1NC(=O)c1ccc(O)cc1. The van der Waals surface area contributed by atoms with Crippen LogP contribution >= 0.6 is 0 Å². The Morgan fingerprint density at radius 3 is 2.00 bits per heavy atom. The van der Waals surface area contributed by atoms with E-state index in [0.717, 1.165) is 5.56 Å². The van der Waals surface area contributed by atoms with E-state index in [0.29, 0.717) is 28.2 Å². The standard InChI is InChI=1S/C23H23N3O3/c1-15-9-14-19(24-22(28)16-7-5-4-6-8-16)21(26(2)3)20(15)25-23(29)17-10-12-18(27)13-11-17/h4-14,27H,1-3H3,(H,24,28)(H,25,29). The molecular weight excluding hydrogens is 366 g/mol. The summed E-state index contributed by atoms with van der Waals surface area (Å²) in [4.78, 5) is 27.2. The lowest BCUT2D eigenvalue weighted by Gasteiger charge is -2.24. The van der Waals surface area contributed by atoms with Crippen LogP contribution in [0.2, 0.25) is 0 Å². The molecule has 148 valence electrons. The second-order valence-electron chi connectivity index (χ2n) is 6.87. The summed E-state index contributed by atoms with van der Waals surface area (Å²) in [7, 11) is 3.70. The van der Waals surface area contributed by atoms with Crippen LogP contribution in [0.25, 0.3) is 0 Å². The van der Waals surface area contributed by atoms with Crippen LogP contribution in [0.15, 0.2) is 66.7 Å². The minimum atomic E-state index is -0.303. The van der Waals surface area contributed by atoms with Gasteiger partial charge in [-0.15, -0.1) is 0 Å². The number of phenols is 1. The largest absolute Gasteiger partial charge is 0.508 e. The number of carbonyl (C=O) groups is 2. The highest BCUT2D eigenvalue weighted by Crippen LogP contribution is 2.36. The molecule has 6 nitrogen and oxygen atoms in total. The van der Waals surface area contributed by atoms with Crippen LogP contribution in [0.3, 0.4) is 0 Å². The molecule has 3 aromatic rings. The molecule has 0 saturated carbocycles. The highest BCUT2D eigenvalue weighted by Gasteiger charge is 2.18. The molecule has 0 fully saturated rings. The summed E-state index contributed by atoms with van der Waals surface area (Å²) in [5, 5.41) is 15.3. The molecule has 0 saturated heterocycles. The monoisotopic (exact) mass is 389 g/mol. The molecule has 0 radical (unpaired) electrons. The molecule has 0 spiro atoms. The van der Waals surface area contributed by atoms with Crippen molar-refractivity contribution >= 4 is 28.9 Å². The molecule has 0 atom stereocenters. The van der Waals surface area contributed by atoms with Crippen LogP contribution in [-0.4, -0.2) is 31.0 Å². The van der Waals surface area contributed by atoms with Crippen molar-refractivity contribution in [3.8, 4) is 5.75 Å². The number of hydrogen-bond acceptors (Lipinski definition) is 4. The number of rotatable bonds is 5. The Morgan fingerprint density at radius 2 is 1.38 bits per heavy atom. The second kappa shape index (κ2) is 8.48. The zero-order valence-electron chi connectivity index (χ0n) is 16.6. The fraction of sp³-hybridized carbons (Fsp3) is 0.130. The van der Waals surface area contributed by atoms with Crippen LogP contribution in [-0.2, 0) is 0 Å². The van der Waals surface area contributed by atoms with Gasteiger partial charge in [0.15, 0.2) is 0 Å². The Morgan fingerprint density at radius 1 is 0.793 bits per heavy atom. The fourth-order valence-corrected chi connectivity index (χ4v) is 3.00. The van der Waals surface area contributed by atoms with E-state index in [2.05, 4.69) is 10.6 Å². The molecule has 0 aliphatic carbocycles. The number of anilines is 3. The van der Waals surface area contributed by atoms with E-state index < -0.39 is 0 Å². The third kappa shape index (κ3) is 4.55. The predicted octanol–water partition coefficient (Wildman–Crippen LogP) is 4.27. The van der Waals surface area contributed by atoms with Crippen molar-refractivity contribution in [2.24, 2.45) is 0 Å². The second-order valence-corrected chi connectivity index (χ2v) is 6.87. The highest BCUT2D eigenvalue weighted by molar-refractivity contribution is 6.10. The van der Waals surface area contributed by atoms with E-state index in [1.807, 2.05) is 44.1 Å². The summed E-state index contributed by atoms with van der Waals surface area (Å²) in [6.45, 7) is 1.89. The number of aryl methyl sites for hydroxylation is 1. The molecule has 0 heterocycles. The maximum atomic E-state index is 12.7. The van der Waals surface area contributed by atoms with Crippen molar-refractivity contribution in [2.75, 3.05) is 29.6 Å². The number of hydrogen-bond donors (Lipinski definition) is 3. The zero-order valence-corrected chi connectivity index (χ0v) is 16.6. The van der Waals surface area contributed by atoms with E-state index in [-0.39, 0.29) is 17.6 Å². The van der Waals surface area contributed by atoms with Gasteiger partial charge in [-0.25, -0.2) is 0 Å². The minimum absolute atomic E-state index is 0.0948. The lowest BCUT2D eigenvalue weighted by atomic mass is 10.1. The van der Waals surface area contributed by atoms with Gasteiger partial charge in [-0.1, -0.05) is 24.3 Å². The first-order chi connectivity index (χ1) is 13.9. The van der Waals surface area contributed by atoms with Crippen LogP contribution < -0.4 is 15.5 Å². The molecule has 3 rings (SSSR count). The van der Waals surface area contributed by atoms with Gasteiger partial charge in [0.25, 0.3) is 11.8 Å². The normalized spacial score (nSPS) is 10.3. The van der Waals surface area contributed by atoms with Gasteiger partial charge in [0.05, 0.1) is 17.1 Å². The number of phenolic OH excluding ortho intramolecular Hbond substituents is 1. The Bertz CT molecular complexity index is 1030. The summed E-state index contributed by atoms with van der Waals surface area (Å²) >= 11 is 0. The predicted molar refractivity (Wildman–Crippen MR) is 116 cm³/mol. The molecule has 0 bridgehead atoms. The Hall–Kier alpha value is -3.80. The van der Waals surface area contributed by atoms with Gasteiger partial charge in [0.2, 0.25) is 0 Å². The lowest BCUT2D eigenvalue weighted by molar-refractivity contribution is 0.101. The summed E-state index contributed by atoms with van der Waals surface area (Å²) in [6.07, 6.45) is 0. The Kier molecular flexibility index (Phi) is 5.83. The lowest BCUT2D eigenvalue weighted by Crippen LogP contribution is -2.21.